The third kappa shape index (κ3) is 3.83. The number of unbranched alkanes of at least 4 members (excludes halogenated alkanes) is 1. The van der Waals surface area contributed by atoms with Crippen LogP contribution in [-0.4, -0.2) is 29.8 Å². The minimum absolute atomic E-state index is 0.137. The van der Waals surface area contributed by atoms with Gasteiger partial charge in [0, 0.05) is 6.04 Å². The molecular formula is C15H19F2NO. The molecule has 0 aliphatic heterocycles. The molecule has 2 nitrogen and oxygen atoms in total. The molecule has 0 aromatic heterocycles. The molecule has 4 heteroatoms. The van der Waals surface area contributed by atoms with Crippen LogP contribution >= 0.6 is 0 Å². The van der Waals surface area contributed by atoms with Gasteiger partial charge in [-0.25, -0.2) is 8.78 Å². The summed E-state index contributed by atoms with van der Waals surface area (Å²) in [5.41, 5.74) is -0.137. The Kier molecular flexibility index (Phi) is 4.64. The van der Waals surface area contributed by atoms with Gasteiger partial charge in [-0.1, -0.05) is 13.3 Å². The highest BCUT2D eigenvalue weighted by molar-refractivity contribution is 5.97. The molecular weight excluding hydrogens is 248 g/mol. The summed E-state index contributed by atoms with van der Waals surface area (Å²) in [6.07, 6.45) is 4.28. The number of Topliss-reactive ketones (excluding diaryl/α,β-unsaturated/α-hetero) is 1. The van der Waals surface area contributed by atoms with Crippen LogP contribution in [-0.2, 0) is 0 Å². The maximum atomic E-state index is 13.5. The highest BCUT2D eigenvalue weighted by Crippen LogP contribution is 2.27. The average Bonchev–Trinajstić information content (AvgIpc) is 3.21. The van der Waals surface area contributed by atoms with Crippen molar-refractivity contribution in [2.45, 2.75) is 38.6 Å². The van der Waals surface area contributed by atoms with Gasteiger partial charge in [0.15, 0.2) is 5.78 Å². The number of halogens is 2. The first-order valence-electron chi connectivity index (χ1n) is 6.84. The van der Waals surface area contributed by atoms with Gasteiger partial charge in [0.1, 0.15) is 11.6 Å². The van der Waals surface area contributed by atoms with Crippen molar-refractivity contribution < 1.29 is 13.6 Å². The van der Waals surface area contributed by atoms with E-state index in [2.05, 4.69) is 11.8 Å². The highest BCUT2D eigenvalue weighted by Gasteiger charge is 2.30. The lowest BCUT2D eigenvalue weighted by Gasteiger charge is -2.20. The lowest BCUT2D eigenvalue weighted by Crippen LogP contribution is -2.33. The number of hydrogen-bond acceptors (Lipinski definition) is 2. The number of benzene rings is 1. The van der Waals surface area contributed by atoms with E-state index in [1.54, 1.807) is 0 Å². The van der Waals surface area contributed by atoms with Crippen molar-refractivity contribution >= 4 is 5.78 Å². The first kappa shape index (κ1) is 14.1. The summed E-state index contributed by atoms with van der Waals surface area (Å²) in [7, 11) is 0. The summed E-state index contributed by atoms with van der Waals surface area (Å²) in [5.74, 6) is -1.55. The lowest BCUT2D eigenvalue weighted by atomic mass is 10.1. The molecule has 1 aliphatic carbocycles. The molecule has 0 spiro atoms. The van der Waals surface area contributed by atoms with Crippen molar-refractivity contribution in [1.29, 1.82) is 0 Å². The predicted molar refractivity (Wildman–Crippen MR) is 70.2 cm³/mol. The van der Waals surface area contributed by atoms with E-state index in [-0.39, 0.29) is 17.9 Å². The zero-order valence-electron chi connectivity index (χ0n) is 11.2. The Balaban J connectivity index is 2.03. The normalized spacial score (nSPS) is 14.9. The number of carbonyl (C=O) groups excluding carboxylic acids is 1. The Labute approximate surface area is 112 Å². The molecule has 2 rings (SSSR count). The third-order valence-corrected chi connectivity index (χ3v) is 3.44. The van der Waals surface area contributed by atoms with E-state index in [9.17, 15) is 13.6 Å². The SMILES string of the molecule is CCCCN(CC(=O)c1cc(F)ccc1F)C1CC1. The minimum atomic E-state index is -0.641. The van der Waals surface area contributed by atoms with Gasteiger partial charge in [-0.15, -0.1) is 0 Å². The number of ketones is 1. The summed E-state index contributed by atoms with van der Waals surface area (Å²) in [5, 5.41) is 0. The van der Waals surface area contributed by atoms with E-state index >= 15 is 0 Å². The molecule has 0 bridgehead atoms. The molecule has 0 unspecified atom stereocenters. The molecule has 1 fully saturated rings. The first-order valence-corrected chi connectivity index (χ1v) is 6.84. The summed E-state index contributed by atoms with van der Waals surface area (Å²) in [6.45, 7) is 3.13. The highest BCUT2D eigenvalue weighted by atomic mass is 19.1. The van der Waals surface area contributed by atoms with Crippen LogP contribution in [0.1, 0.15) is 43.0 Å². The van der Waals surface area contributed by atoms with Crippen LogP contribution < -0.4 is 0 Å². The molecule has 0 amide bonds. The topological polar surface area (TPSA) is 20.3 Å². The molecule has 0 saturated heterocycles. The molecule has 19 heavy (non-hydrogen) atoms. The van der Waals surface area contributed by atoms with Gasteiger partial charge in [-0.2, -0.15) is 0 Å². The molecule has 0 atom stereocenters. The summed E-state index contributed by atoms with van der Waals surface area (Å²) in [4.78, 5) is 14.2. The summed E-state index contributed by atoms with van der Waals surface area (Å²) < 4.78 is 26.6. The van der Waals surface area contributed by atoms with E-state index in [0.717, 1.165) is 50.4 Å². The lowest BCUT2D eigenvalue weighted by molar-refractivity contribution is 0.0919. The molecule has 0 heterocycles. The number of hydrogen-bond donors (Lipinski definition) is 0. The second-order valence-electron chi connectivity index (χ2n) is 5.10. The van der Waals surface area contributed by atoms with Crippen LogP contribution in [0.3, 0.4) is 0 Å². The van der Waals surface area contributed by atoms with Gasteiger partial charge in [-0.3, -0.25) is 9.69 Å². The van der Waals surface area contributed by atoms with Crippen molar-refractivity contribution in [3.8, 4) is 0 Å². The van der Waals surface area contributed by atoms with Crippen molar-refractivity contribution in [3.63, 3.8) is 0 Å². The second kappa shape index (κ2) is 6.24. The van der Waals surface area contributed by atoms with Gasteiger partial charge in [-0.05, 0) is 44.0 Å². The van der Waals surface area contributed by atoms with Crippen LogP contribution in [0.5, 0.6) is 0 Å². The molecule has 0 radical (unpaired) electrons. The van der Waals surface area contributed by atoms with Gasteiger partial charge < -0.3 is 0 Å². The number of nitrogens with zero attached hydrogens (tertiary/aromatic N) is 1. The van der Waals surface area contributed by atoms with Crippen LogP contribution in [0.25, 0.3) is 0 Å². The van der Waals surface area contributed by atoms with Crippen LogP contribution in [0.4, 0.5) is 8.78 Å². The number of rotatable bonds is 7. The Morgan fingerprint density at radius 1 is 1.37 bits per heavy atom. The molecule has 1 aliphatic rings. The standard InChI is InChI=1S/C15H19F2NO/c1-2-3-8-18(12-5-6-12)10-15(19)13-9-11(16)4-7-14(13)17/h4,7,9,12H,2-3,5-6,8,10H2,1H3. The van der Waals surface area contributed by atoms with E-state index in [1.807, 2.05) is 0 Å². The van der Waals surface area contributed by atoms with Crippen molar-refractivity contribution in [3.05, 3.63) is 35.4 Å². The molecule has 1 aromatic rings. The molecule has 104 valence electrons. The predicted octanol–water partition coefficient (Wildman–Crippen LogP) is 3.41. The minimum Gasteiger partial charge on any atom is -0.293 e. The Morgan fingerprint density at radius 2 is 2.11 bits per heavy atom. The van der Waals surface area contributed by atoms with Crippen molar-refractivity contribution in [1.82, 2.24) is 4.90 Å². The zero-order chi connectivity index (χ0) is 13.8. The summed E-state index contributed by atoms with van der Waals surface area (Å²) in [6, 6.07) is 3.48. The Bertz CT molecular complexity index is 457. The first-order chi connectivity index (χ1) is 9.11. The Hall–Kier alpha value is -1.29. The Morgan fingerprint density at radius 3 is 2.74 bits per heavy atom. The maximum Gasteiger partial charge on any atom is 0.179 e. The zero-order valence-corrected chi connectivity index (χ0v) is 11.2. The second-order valence-corrected chi connectivity index (χ2v) is 5.10. The molecule has 1 aromatic carbocycles. The average molecular weight is 267 g/mol. The number of carbonyl (C=O) groups is 1. The van der Waals surface area contributed by atoms with E-state index < -0.39 is 11.6 Å². The van der Waals surface area contributed by atoms with E-state index in [1.165, 1.54) is 0 Å². The van der Waals surface area contributed by atoms with Gasteiger partial charge in [0.25, 0.3) is 0 Å². The van der Waals surface area contributed by atoms with Crippen LogP contribution in [0.15, 0.2) is 18.2 Å². The largest absolute Gasteiger partial charge is 0.293 e. The van der Waals surface area contributed by atoms with Gasteiger partial charge in [0.05, 0.1) is 12.1 Å². The third-order valence-electron chi connectivity index (χ3n) is 3.44. The monoisotopic (exact) mass is 267 g/mol. The van der Waals surface area contributed by atoms with Gasteiger partial charge >= 0.3 is 0 Å². The van der Waals surface area contributed by atoms with Gasteiger partial charge in [0.2, 0.25) is 0 Å². The molecule has 1 saturated carbocycles. The smallest absolute Gasteiger partial charge is 0.179 e. The fourth-order valence-electron chi connectivity index (χ4n) is 2.17. The fraction of sp³-hybridized carbons (Fsp3) is 0.533. The molecule has 0 N–H and O–H groups in total. The quantitative estimate of drug-likeness (QED) is 0.706. The van der Waals surface area contributed by atoms with Crippen molar-refractivity contribution in [2.24, 2.45) is 0 Å². The van der Waals surface area contributed by atoms with E-state index in [4.69, 9.17) is 0 Å². The van der Waals surface area contributed by atoms with Crippen LogP contribution in [0, 0.1) is 11.6 Å². The van der Waals surface area contributed by atoms with Crippen LogP contribution in [0.2, 0.25) is 0 Å². The summed E-state index contributed by atoms with van der Waals surface area (Å²) >= 11 is 0. The van der Waals surface area contributed by atoms with Crippen molar-refractivity contribution in [2.75, 3.05) is 13.1 Å². The fourth-order valence-corrected chi connectivity index (χ4v) is 2.17. The van der Waals surface area contributed by atoms with E-state index in [0.29, 0.717) is 6.04 Å². The maximum absolute atomic E-state index is 13.5.